The average Bonchev–Trinajstić information content (AvgIpc) is 3.16. The van der Waals surface area contributed by atoms with Crippen LogP contribution in [0.2, 0.25) is 0 Å². The van der Waals surface area contributed by atoms with E-state index in [4.69, 9.17) is 11.5 Å². The van der Waals surface area contributed by atoms with Crippen molar-refractivity contribution in [2.24, 2.45) is 44.5 Å². The summed E-state index contributed by atoms with van der Waals surface area (Å²) < 4.78 is 0. The number of carbonyl (C=O) groups excluding carboxylic acids is 6. The second-order valence-electron chi connectivity index (χ2n) is 18.9. The predicted octanol–water partition coefficient (Wildman–Crippen LogP) is 2.50. The molecule has 3 saturated carbocycles. The monoisotopic (exact) mass is 701 g/mol. The Morgan fingerprint density at radius 1 is 0.840 bits per heavy atom. The van der Waals surface area contributed by atoms with Gasteiger partial charge in [0.1, 0.15) is 12.1 Å². The number of nitrogens with two attached hydrogens (primary N) is 2. The Kier molecular flexibility index (Phi) is 10.6. The standard InChI is InChI=1S/C37H63N7O6/c1-32(2,3)24(19-40-30(49)34(7,8)39)42-31(50)43-26(33(4,5)6)29(48)44-20-37(35(9,10)36(37)15-12-16-36)18-23(44)28(47)41-22(25(45)27(38)46)17-21-13-11-14-21/h21-24,26H,11-20,39H2,1-10H3,(H2,38,46)(H,40,49)(H,41,47)(H2,42,43,50)/t22-,23+,24-,26?,37-/m1/s1. The van der Waals surface area contributed by atoms with Crippen LogP contribution in [0.1, 0.15) is 121 Å². The van der Waals surface area contributed by atoms with Crippen LogP contribution in [0.3, 0.4) is 0 Å². The number of primary amides is 1. The zero-order chi connectivity index (χ0) is 37.8. The lowest BCUT2D eigenvalue weighted by atomic mass is 9.73. The van der Waals surface area contributed by atoms with E-state index in [9.17, 15) is 28.8 Å². The Morgan fingerprint density at radius 2 is 1.44 bits per heavy atom. The summed E-state index contributed by atoms with van der Waals surface area (Å²) in [6, 6.07) is -4.03. The van der Waals surface area contributed by atoms with E-state index in [-0.39, 0.29) is 40.5 Å². The van der Waals surface area contributed by atoms with E-state index in [0.29, 0.717) is 19.4 Å². The molecular formula is C37H63N7O6. The van der Waals surface area contributed by atoms with Gasteiger partial charge in [0.15, 0.2) is 0 Å². The molecule has 0 aromatic rings. The summed E-state index contributed by atoms with van der Waals surface area (Å²) in [7, 11) is 0. The minimum atomic E-state index is -1.09. The molecule has 5 atom stereocenters. The van der Waals surface area contributed by atoms with Crippen LogP contribution in [0.15, 0.2) is 0 Å². The van der Waals surface area contributed by atoms with Crippen molar-refractivity contribution in [1.82, 2.24) is 26.2 Å². The number of fused-ring (bicyclic) bond motifs is 1. The Balaban J connectivity index is 1.59. The fraction of sp³-hybridized carbons (Fsp3) is 0.838. The minimum Gasteiger partial charge on any atom is -0.363 e. The van der Waals surface area contributed by atoms with Gasteiger partial charge in [0.2, 0.25) is 23.5 Å². The molecule has 4 fully saturated rings. The van der Waals surface area contributed by atoms with E-state index in [1.165, 1.54) is 0 Å². The molecule has 8 N–H and O–H groups in total. The maximum absolute atomic E-state index is 14.7. The number of hydrogen-bond donors (Lipinski definition) is 6. The van der Waals surface area contributed by atoms with Crippen LogP contribution in [-0.4, -0.2) is 83.1 Å². The van der Waals surface area contributed by atoms with E-state index < -0.39 is 64.2 Å². The first-order valence-corrected chi connectivity index (χ1v) is 18.4. The van der Waals surface area contributed by atoms with E-state index >= 15 is 0 Å². The molecule has 13 nitrogen and oxygen atoms in total. The molecule has 1 heterocycles. The first-order valence-electron chi connectivity index (χ1n) is 18.4. The number of amides is 6. The predicted molar refractivity (Wildman–Crippen MR) is 190 cm³/mol. The summed E-state index contributed by atoms with van der Waals surface area (Å²) in [5.74, 6) is -2.92. The molecule has 2 spiro atoms. The highest BCUT2D eigenvalue weighted by atomic mass is 16.2. The normalized spacial score (nSPS) is 25.8. The van der Waals surface area contributed by atoms with E-state index in [1.54, 1.807) is 18.7 Å². The molecule has 0 bridgehead atoms. The topological polar surface area (TPSA) is 206 Å². The zero-order valence-electron chi connectivity index (χ0n) is 32.0. The molecule has 4 rings (SSSR count). The first-order chi connectivity index (χ1) is 22.8. The molecule has 0 aromatic carbocycles. The maximum atomic E-state index is 14.7. The summed E-state index contributed by atoms with van der Waals surface area (Å²) in [6.07, 6.45) is 6.78. The van der Waals surface area contributed by atoms with Crippen LogP contribution in [0.4, 0.5) is 4.79 Å². The Morgan fingerprint density at radius 3 is 1.86 bits per heavy atom. The number of carbonyl (C=O) groups is 6. The molecule has 1 saturated heterocycles. The lowest BCUT2D eigenvalue weighted by Crippen LogP contribution is -2.62. The van der Waals surface area contributed by atoms with Crippen LogP contribution in [-0.2, 0) is 24.0 Å². The Bertz CT molecular complexity index is 1380. The number of nitrogens with one attached hydrogen (secondary N) is 4. The van der Waals surface area contributed by atoms with Crippen LogP contribution >= 0.6 is 0 Å². The van der Waals surface area contributed by atoms with Crippen molar-refractivity contribution in [3.05, 3.63) is 0 Å². The number of rotatable bonds is 12. The van der Waals surface area contributed by atoms with Gasteiger partial charge >= 0.3 is 6.03 Å². The smallest absolute Gasteiger partial charge is 0.315 e. The third kappa shape index (κ3) is 7.25. The van der Waals surface area contributed by atoms with Gasteiger partial charge < -0.3 is 37.6 Å². The lowest BCUT2D eigenvalue weighted by Gasteiger charge is -2.37. The number of nitrogens with zero attached hydrogens (tertiary/aromatic N) is 1. The number of hydrogen-bond acceptors (Lipinski definition) is 7. The molecule has 282 valence electrons. The molecule has 13 heteroatoms. The van der Waals surface area contributed by atoms with Gasteiger partial charge in [0, 0.05) is 18.5 Å². The van der Waals surface area contributed by atoms with Crippen LogP contribution in [0, 0.1) is 33.0 Å². The van der Waals surface area contributed by atoms with Gasteiger partial charge in [0.25, 0.3) is 5.91 Å². The molecule has 3 aliphatic carbocycles. The van der Waals surface area contributed by atoms with Crippen molar-refractivity contribution < 1.29 is 28.8 Å². The fourth-order valence-electron chi connectivity index (χ4n) is 8.94. The summed E-state index contributed by atoms with van der Waals surface area (Å²) >= 11 is 0. The second kappa shape index (κ2) is 13.4. The average molecular weight is 702 g/mol. The molecule has 4 aliphatic rings. The summed E-state index contributed by atoms with van der Waals surface area (Å²) in [4.78, 5) is 81.6. The number of ketones is 1. The van der Waals surface area contributed by atoms with Gasteiger partial charge in [-0.15, -0.1) is 0 Å². The van der Waals surface area contributed by atoms with Gasteiger partial charge in [0.05, 0.1) is 17.6 Å². The Labute approximate surface area is 297 Å². The van der Waals surface area contributed by atoms with Gasteiger partial charge in [-0.1, -0.05) is 81.1 Å². The molecule has 0 radical (unpaired) electrons. The second-order valence-corrected chi connectivity index (χ2v) is 18.9. The Hall–Kier alpha value is -3.22. The summed E-state index contributed by atoms with van der Waals surface area (Å²) in [6.45, 7) is 19.5. The number of urea groups is 1. The van der Waals surface area contributed by atoms with Crippen molar-refractivity contribution >= 4 is 35.4 Å². The summed E-state index contributed by atoms with van der Waals surface area (Å²) in [5.41, 5.74) is 8.67. The highest BCUT2D eigenvalue weighted by Crippen LogP contribution is 2.88. The highest BCUT2D eigenvalue weighted by Gasteiger charge is 2.85. The summed E-state index contributed by atoms with van der Waals surface area (Å²) in [5, 5.41) is 11.5. The van der Waals surface area contributed by atoms with Gasteiger partial charge in [-0.25, -0.2) is 4.79 Å². The van der Waals surface area contributed by atoms with Crippen molar-refractivity contribution in [2.75, 3.05) is 13.1 Å². The van der Waals surface area contributed by atoms with Crippen molar-refractivity contribution in [3.8, 4) is 0 Å². The van der Waals surface area contributed by atoms with Crippen molar-refractivity contribution in [3.63, 3.8) is 0 Å². The molecule has 1 aliphatic heterocycles. The fourth-order valence-corrected chi connectivity index (χ4v) is 8.94. The van der Waals surface area contributed by atoms with Crippen molar-refractivity contribution in [2.45, 2.75) is 150 Å². The van der Waals surface area contributed by atoms with Crippen LogP contribution in [0.5, 0.6) is 0 Å². The van der Waals surface area contributed by atoms with Crippen LogP contribution in [0.25, 0.3) is 0 Å². The number of Topliss-reactive ketones (excluding diaryl/α,β-unsaturated/α-hetero) is 1. The minimum absolute atomic E-state index is 0.0203. The van der Waals surface area contributed by atoms with Gasteiger partial charge in [-0.05, 0) is 67.1 Å². The van der Waals surface area contributed by atoms with Crippen molar-refractivity contribution in [1.29, 1.82) is 0 Å². The van der Waals surface area contributed by atoms with Gasteiger partial charge in [-0.2, -0.15) is 0 Å². The van der Waals surface area contributed by atoms with Gasteiger partial charge in [-0.3, -0.25) is 24.0 Å². The van der Waals surface area contributed by atoms with E-state index in [1.807, 2.05) is 41.5 Å². The third-order valence-electron chi connectivity index (χ3n) is 12.9. The SMILES string of the molecule is CC(C)(N)C(=O)NC[C@@H](NC(=O)NC(C(=O)N1C[C@]2(C[C@H]1C(=O)N[C@H](CC1CCC1)C(=O)C(N)=O)C(C)(C)C21CCC1)C(C)(C)C)C(C)(C)C. The van der Waals surface area contributed by atoms with Crippen LogP contribution < -0.4 is 32.7 Å². The van der Waals surface area contributed by atoms with E-state index in [2.05, 4.69) is 35.1 Å². The molecule has 50 heavy (non-hydrogen) atoms. The quantitative estimate of drug-likeness (QED) is 0.168. The molecule has 6 amide bonds. The molecule has 0 aromatic heterocycles. The lowest BCUT2D eigenvalue weighted by molar-refractivity contribution is -0.143. The van der Waals surface area contributed by atoms with E-state index in [0.717, 1.165) is 38.5 Å². The first kappa shape index (κ1) is 39.6. The zero-order valence-corrected chi connectivity index (χ0v) is 32.0. The maximum Gasteiger partial charge on any atom is 0.315 e. The third-order valence-corrected chi connectivity index (χ3v) is 12.9. The molecule has 1 unspecified atom stereocenters. The highest BCUT2D eigenvalue weighted by molar-refractivity contribution is 6.37. The molecular weight excluding hydrogens is 638 g/mol. The largest absolute Gasteiger partial charge is 0.363 e. The number of likely N-dealkylation sites (tertiary alicyclic amines) is 1.